The van der Waals surface area contributed by atoms with Crippen molar-refractivity contribution in [3.8, 4) is 22.5 Å². The Morgan fingerprint density at radius 2 is 1.75 bits per heavy atom. The third kappa shape index (κ3) is 3.47. The first kappa shape index (κ1) is 19.8. The summed E-state index contributed by atoms with van der Waals surface area (Å²) in [5.74, 6) is -0.253. The van der Waals surface area contributed by atoms with Crippen LogP contribution >= 0.6 is 11.3 Å². The minimum atomic E-state index is -0.253. The summed E-state index contributed by atoms with van der Waals surface area (Å²) in [7, 11) is 0. The monoisotopic (exact) mass is 448 g/mol. The first-order valence-electron chi connectivity index (χ1n) is 11.2. The Bertz CT molecular complexity index is 1220. The molecule has 0 amide bonds. The van der Waals surface area contributed by atoms with E-state index < -0.39 is 0 Å². The third-order valence-corrected chi connectivity index (χ3v) is 7.89. The van der Waals surface area contributed by atoms with E-state index in [1.807, 2.05) is 16.6 Å². The lowest BCUT2D eigenvalue weighted by Crippen LogP contribution is -2.48. The van der Waals surface area contributed by atoms with Crippen LogP contribution in [-0.2, 0) is 0 Å². The maximum Gasteiger partial charge on any atom is 0.215 e. The van der Waals surface area contributed by atoms with Crippen LogP contribution in [0, 0.1) is 11.2 Å². The van der Waals surface area contributed by atoms with Gasteiger partial charge in [0.05, 0.1) is 0 Å². The third-order valence-electron chi connectivity index (χ3n) is 6.92. The van der Waals surface area contributed by atoms with Crippen molar-refractivity contribution in [1.29, 1.82) is 0 Å². The highest BCUT2D eigenvalue weighted by atomic mass is 32.1. The van der Waals surface area contributed by atoms with Gasteiger partial charge in [0, 0.05) is 43.2 Å². The van der Waals surface area contributed by atoms with Gasteiger partial charge in [0.1, 0.15) is 17.2 Å². The van der Waals surface area contributed by atoms with Crippen molar-refractivity contribution in [2.24, 2.45) is 5.41 Å². The van der Waals surface area contributed by atoms with Gasteiger partial charge in [0.25, 0.3) is 0 Å². The molecule has 4 aromatic rings. The van der Waals surface area contributed by atoms with Crippen LogP contribution in [0.5, 0.6) is 0 Å². The number of hydrogen-bond acceptors (Lipinski definition) is 6. The zero-order valence-corrected chi connectivity index (χ0v) is 18.6. The summed E-state index contributed by atoms with van der Waals surface area (Å²) in [5.41, 5.74) is 4.06. The topological polar surface area (TPSA) is 58.4 Å². The normalized spacial score (nSPS) is 18.5. The van der Waals surface area contributed by atoms with E-state index in [0.29, 0.717) is 5.41 Å². The molecular formula is C24H25FN6S. The second-order valence-corrected chi connectivity index (χ2v) is 9.83. The van der Waals surface area contributed by atoms with E-state index >= 15 is 0 Å². The van der Waals surface area contributed by atoms with Crippen molar-refractivity contribution in [3.05, 3.63) is 54.6 Å². The Morgan fingerprint density at radius 3 is 2.47 bits per heavy atom. The van der Waals surface area contributed by atoms with Gasteiger partial charge in [0.2, 0.25) is 10.1 Å². The number of nitrogens with zero attached hydrogens (tertiary/aromatic N) is 5. The Morgan fingerprint density at radius 1 is 0.969 bits per heavy atom. The number of nitrogens with one attached hydrogen (secondary N) is 1. The first-order chi connectivity index (χ1) is 15.7. The number of halogens is 1. The molecule has 0 radical (unpaired) electrons. The average Bonchev–Trinajstić information content (AvgIpc) is 3.39. The van der Waals surface area contributed by atoms with Crippen molar-refractivity contribution in [2.45, 2.75) is 25.7 Å². The molecule has 1 N–H and O–H groups in total. The molecule has 2 saturated heterocycles. The fourth-order valence-electron chi connectivity index (χ4n) is 5.07. The fraction of sp³-hybridized carbons (Fsp3) is 0.375. The van der Waals surface area contributed by atoms with Crippen molar-refractivity contribution < 1.29 is 4.39 Å². The summed E-state index contributed by atoms with van der Waals surface area (Å²) in [6.45, 7) is 4.38. The van der Waals surface area contributed by atoms with E-state index in [2.05, 4.69) is 15.2 Å². The van der Waals surface area contributed by atoms with Gasteiger partial charge in [-0.25, -0.2) is 13.9 Å². The number of rotatable bonds is 3. The van der Waals surface area contributed by atoms with Crippen molar-refractivity contribution >= 4 is 21.4 Å². The molecular weight excluding hydrogens is 423 g/mol. The lowest BCUT2D eigenvalue weighted by Gasteiger charge is -2.44. The molecule has 8 heteroatoms. The van der Waals surface area contributed by atoms with E-state index in [1.165, 1.54) is 37.8 Å². The molecule has 1 aromatic carbocycles. The molecule has 164 valence electrons. The number of pyridine rings is 1. The van der Waals surface area contributed by atoms with Gasteiger partial charge in [-0.1, -0.05) is 11.3 Å². The summed E-state index contributed by atoms with van der Waals surface area (Å²) in [6, 6.07) is 10.4. The molecule has 1 spiro atoms. The Kier molecular flexibility index (Phi) is 4.91. The van der Waals surface area contributed by atoms with Gasteiger partial charge >= 0.3 is 0 Å². The predicted molar refractivity (Wildman–Crippen MR) is 125 cm³/mol. The number of aromatic nitrogens is 4. The van der Waals surface area contributed by atoms with E-state index in [-0.39, 0.29) is 5.82 Å². The van der Waals surface area contributed by atoms with Crippen molar-refractivity contribution in [3.63, 3.8) is 0 Å². The van der Waals surface area contributed by atoms with Gasteiger partial charge in [0.15, 0.2) is 0 Å². The van der Waals surface area contributed by atoms with Crippen LogP contribution in [0.1, 0.15) is 25.7 Å². The van der Waals surface area contributed by atoms with Crippen LogP contribution in [0.15, 0.2) is 48.8 Å². The van der Waals surface area contributed by atoms with Crippen molar-refractivity contribution in [2.75, 3.05) is 31.1 Å². The van der Waals surface area contributed by atoms with E-state index in [9.17, 15) is 4.39 Å². The molecule has 2 aliphatic heterocycles. The molecule has 0 saturated carbocycles. The second kappa shape index (κ2) is 7.94. The molecule has 0 bridgehead atoms. The minimum Gasteiger partial charge on any atom is -0.347 e. The number of imidazole rings is 1. The number of benzene rings is 1. The zero-order chi connectivity index (χ0) is 21.5. The van der Waals surface area contributed by atoms with Crippen LogP contribution in [0.2, 0.25) is 0 Å². The maximum absolute atomic E-state index is 13.5. The highest BCUT2D eigenvalue weighted by Gasteiger charge is 2.36. The lowest BCUT2D eigenvalue weighted by molar-refractivity contribution is 0.161. The first-order valence-corrected chi connectivity index (χ1v) is 12.0. The number of hydrogen-bond donors (Lipinski definition) is 1. The summed E-state index contributed by atoms with van der Waals surface area (Å²) in [4.78, 5) is 12.3. The Hall–Kier alpha value is -2.84. The van der Waals surface area contributed by atoms with E-state index in [0.717, 1.165) is 58.8 Å². The molecule has 5 heterocycles. The van der Waals surface area contributed by atoms with Gasteiger partial charge in [-0.05, 0) is 74.0 Å². The quantitative estimate of drug-likeness (QED) is 0.495. The van der Waals surface area contributed by atoms with Crippen LogP contribution < -0.4 is 10.2 Å². The fourth-order valence-corrected chi connectivity index (χ4v) is 6.03. The molecule has 3 aromatic heterocycles. The van der Waals surface area contributed by atoms with Crippen LogP contribution in [0.3, 0.4) is 0 Å². The minimum absolute atomic E-state index is 0.253. The van der Waals surface area contributed by atoms with E-state index in [1.54, 1.807) is 35.9 Å². The van der Waals surface area contributed by atoms with Gasteiger partial charge in [-0.2, -0.15) is 0 Å². The molecule has 6 rings (SSSR count). The SMILES string of the molecule is Fc1ccc(-c2nc3sc(N4CCC5(CCCNC5)CC4)nn3c2-c2ccncc2)cc1. The standard InChI is InChI=1S/C24H25FN6S/c25-19-4-2-17(3-5-19)20-21(18-6-12-26-13-7-18)31-22(28-20)32-23(29-31)30-14-9-24(10-15-30)8-1-11-27-16-24/h2-7,12-13,27H,1,8-11,14-16H2. The van der Waals surface area contributed by atoms with Crippen LogP contribution in [0.4, 0.5) is 9.52 Å². The molecule has 0 unspecified atom stereocenters. The van der Waals surface area contributed by atoms with Crippen molar-refractivity contribution in [1.82, 2.24) is 24.9 Å². The van der Waals surface area contributed by atoms with Crippen LogP contribution in [-0.4, -0.2) is 45.8 Å². The Balaban J connectivity index is 1.36. The van der Waals surface area contributed by atoms with E-state index in [4.69, 9.17) is 10.1 Å². The molecule has 2 aliphatic rings. The molecule has 0 aliphatic carbocycles. The predicted octanol–water partition coefficient (Wildman–Crippen LogP) is 4.63. The molecule has 0 atom stereocenters. The van der Waals surface area contributed by atoms with Gasteiger partial charge < -0.3 is 10.2 Å². The number of piperidine rings is 2. The number of anilines is 1. The summed E-state index contributed by atoms with van der Waals surface area (Å²) in [6.07, 6.45) is 8.59. The highest BCUT2D eigenvalue weighted by Crippen LogP contribution is 2.40. The van der Waals surface area contributed by atoms with Gasteiger partial charge in [-0.3, -0.25) is 4.98 Å². The zero-order valence-electron chi connectivity index (χ0n) is 17.8. The molecule has 6 nitrogen and oxygen atoms in total. The summed E-state index contributed by atoms with van der Waals surface area (Å²) >= 11 is 1.63. The maximum atomic E-state index is 13.5. The molecule has 32 heavy (non-hydrogen) atoms. The number of fused-ring (bicyclic) bond motifs is 1. The lowest BCUT2D eigenvalue weighted by atomic mass is 9.73. The summed E-state index contributed by atoms with van der Waals surface area (Å²) < 4.78 is 15.5. The smallest absolute Gasteiger partial charge is 0.215 e. The summed E-state index contributed by atoms with van der Waals surface area (Å²) in [5, 5.41) is 9.61. The average molecular weight is 449 g/mol. The van der Waals surface area contributed by atoms with Gasteiger partial charge in [-0.15, -0.1) is 5.10 Å². The largest absolute Gasteiger partial charge is 0.347 e. The molecule has 2 fully saturated rings. The second-order valence-electron chi connectivity index (χ2n) is 8.90. The highest BCUT2D eigenvalue weighted by molar-refractivity contribution is 7.20. The Labute approximate surface area is 190 Å². The van der Waals surface area contributed by atoms with Crippen LogP contribution in [0.25, 0.3) is 27.5 Å².